The van der Waals surface area contributed by atoms with Crippen LogP contribution in [0.4, 0.5) is 0 Å². The molecule has 0 fully saturated rings. The third-order valence-corrected chi connectivity index (χ3v) is 3.10. The molecule has 0 saturated carbocycles. The van der Waals surface area contributed by atoms with Crippen LogP contribution in [-0.4, -0.2) is 11.6 Å². The van der Waals surface area contributed by atoms with E-state index in [1.54, 1.807) is 13.8 Å². The van der Waals surface area contributed by atoms with Crippen molar-refractivity contribution in [2.75, 3.05) is 0 Å². The molecule has 128 valence electrons. The first kappa shape index (κ1) is 21.5. The highest BCUT2D eigenvalue weighted by Gasteiger charge is 1.98. The van der Waals surface area contributed by atoms with Gasteiger partial charge in [0.05, 0.1) is 0 Å². The van der Waals surface area contributed by atoms with E-state index < -0.39 is 0 Å². The Balaban J connectivity index is 0.00000123. The SMILES string of the molecule is CC.CC.CC(=O)c1ccc(C=Cc2ccc(C(C)=O)cc2)cc1. The highest BCUT2D eigenvalue weighted by Crippen LogP contribution is 2.11. The van der Waals surface area contributed by atoms with Crippen LogP contribution >= 0.6 is 0 Å². The van der Waals surface area contributed by atoms with Crippen molar-refractivity contribution in [3.05, 3.63) is 70.8 Å². The Kier molecular flexibility index (Phi) is 10.8. The van der Waals surface area contributed by atoms with E-state index in [0.29, 0.717) is 11.1 Å². The maximum atomic E-state index is 11.2. The summed E-state index contributed by atoms with van der Waals surface area (Å²) in [4.78, 5) is 22.4. The fourth-order valence-corrected chi connectivity index (χ4v) is 1.85. The molecule has 0 bridgehead atoms. The van der Waals surface area contributed by atoms with Crippen LogP contribution in [-0.2, 0) is 0 Å². The van der Waals surface area contributed by atoms with E-state index in [-0.39, 0.29) is 11.6 Å². The van der Waals surface area contributed by atoms with Gasteiger partial charge in [-0.1, -0.05) is 88.4 Å². The zero-order valence-electron chi connectivity index (χ0n) is 15.6. The molecule has 2 nitrogen and oxygen atoms in total. The fraction of sp³-hybridized carbons (Fsp3) is 0.273. The molecular weight excluding hydrogens is 296 g/mol. The van der Waals surface area contributed by atoms with Gasteiger partial charge in [0.2, 0.25) is 0 Å². The molecule has 0 aliphatic heterocycles. The fourth-order valence-electron chi connectivity index (χ4n) is 1.85. The first-order valence-electron chi connectivity index (χ1n) is 8.46. The van der Waals surface area contributed by atoms with Gasteiger partial charge in [0.1, 0.15) is 0 Å². The minimum atomic E-state index is 0.0698. The van der Waals surface area contributed by atoms with E-state index in [0.717, 1.165) is 11.1 Å². The van der Waals surface area contributed by atoms with Gasteiger partial charge < -0.3 is 0 Å². The van der Waals surface area contributed by atoms with Crippen molar-refractivity contribution in [3.63, 3.8) is 0 Å². The molecule has 2 aromatic rings. The summed E-state index contributed by atoms with van der Waals surface area (Å²) in [6, 6.07) is 14.9. The van der Waals surface area contributed by atoms with Gasteiger partial charge in [0, 0.05) is 11.1 Å². The second kappa shape index (κ2) is 12.0. The standard InChI is InChI=1S/C18H16O2.2C2H6/c1-13(19)17-9-5-15(6-10-17)3-4-16-7-11-18(12-8-16)14(2)20;2*1-2/h3-12H,1-2H3;2*1-2H3. The number of carbonyl (C=O) groups is 2. The molecule has 0 aliphatic rings. The molecule has 2 rings (SSSR count). The highest BCUT2D eigenvalue weighted by atomic mass is 16.1. The summed E-state index contributed by atoms with van der Waals surface area (Å²) in [6.45, 7) is 11.1. The minimum Gasteiger partial charge on any atom is -0.295 e. The summed E-state index contributed by atoms with van der Waals surface area (Å²) in [5.41, 5.74) is 3.50. The lowest BCUT2D eigenvalue weighted by molar-refractivity contribution is 0.100. The number of benzene rings is 2. The van der Waals surface area contributed by atoms with Gasteiger partial charge in [-0.05, 0) is 25.0 Å². The first-order valence-corrected chi connectivity index (χ1v) is 8.46. The van der Waals surface area contributed by atoms with Crippen molar-refractivity contribution in [2.45, 2.75) is 41.5 Å². The van der Waals surface area contributed by atoms with Crippen molar-refractivity contribution >= 4 is 23.7 Å². The predicted molar refractivity (Wildman–Crippen MR) is 105 cm³/mol. The molecule has 0 atom stereocenters. The molecule has 0 amide bonds. The Morgan fingerprint density at radius 2 is 0.833 bits per heavy atom. The van der Waals surface area contributed by atoms with Crippen LogP contribution in [0.2, 0.25) is 0 Å². The molecule has 0 aromatic heterocycles. The molecule has 0 N–H and O–H groups in total. The average Bonchev–Trinajstić information content (AvgIpc) is 2.64. The summed E-state index contributed by atoms with van der Waals surface area (Å²) in [6.07, 6.45) is 3.96. The molecule has 0 radical (unpaired) electrons. The van der Waals surface area contributed by atoms with Gasteiger partial charge >= 0.3 is 0 Å². The van der Waals surface area contributed by atoms with Crippen LogP contribution in [0.1, 0.15) is 73.4 Å². The summed E-state index contributed by atoms with van der Waals surface area (Å²) in [5, 5.41) is 0. The number of Topliss-reactive ketones (excluding diaryl/α,β-unsaturated/α-hetero) is 2. The lowest BCUT2D eigenvalue weighted by atomic mass is 10.1. The van der Waals surface area contributed by atoms with E-state index in [9.17, 15) is 9.59 Å². The summed E-state index contributed by atoms with van der Waals surface area (Å²) >= 11 is 0. The molecular formula is C22H28O2. The third kappa shape index (κ3) is 7.19. The van der Waals surface area contributed by atoms with Crippen molar-refractivity contribution in [1.29, 1.82) is 0 Å². The second-order valence-electron chi connectivity index (χ2n) is 4.69. The largest absolute Gasteiger partial charge is 0.295 e. The van der Waals surface area contributed by atoms with E-state index in [1.165, 1.54) is 0 Å². The topological polar surface area (TPSA) is 34.1 Å². The van der Waals surface area contributed by atoms with E-state index in [1.807, 2.05) is 88.4 Å². The van der Waals surface area contributed by atoms with Gasteiger partial charge in [-0.15, -0.1) is 0 Å². The summed E-state index contributed by atoms with van der Waals surface area (Å²) in [7, 11) is 0. The average molecular weight is 324 g/mol. The minimum absolute atomic E-state index is 0.0698. The summed E-state index contributed by atoms with van der Waals surface area (Å²) in [5.74, 6) is 0.140. The molecule has 2 aromatic carbocycles. The lowest BCUT2D eigenvalue weighted by Gasteiger charge is -1.98. The highest BCUT2D eigenvalue weighted by molar-refractivity contribution is 5.95. The van der Waals surface area contributed by atoms with Crippen molar-refractivity contribution in [3.8, 4) is 0 Å². The maximum absolute atomic E-state index is 11.2. The Bertz CT molecular complexity index is 588. The third-order valence-electron chi connectivity index (χ3n) is 3.10. The quantitative estimate of drug-likeness (QED) is 0.487. The van der Waals surface area contributed by atoms with Crippen molar-refractivity contribution < 1.29 is 9.59 Å². The Morgan fingerprint density at radius 1 is 0.583 bits per heavy atom. The number of ketones is 2. The molecule has 0 spiro atoms. The van der Waals surface area contributed by atoms with Gasteiger partial charge in [-0.2, -0.15) is 0 Å². The van der Waals surface area contributed by atoms with Gasteiger partial charge in [-0.3, -0.25) is 9.59 Å². The van der Waals surface area contributed by atoms with Crippen LogP contribution in [0.3, 0.4) is 0 Å². The number of carbonyl (C=O) groups excluding carboxylic acids is 2. The van der Waals surface area contributed by atoms with Crippen molar-refractivity contribution in [2.24, 2.45) is 0 Å². The van der Waals surface area contributed by atoms with Crippen LogP contribution in [0.25, 0.3) is 12.2 Å². The normalized spacial score (nSPS) is 9.42. The smallest absolute Gasteiger partial charge is 0.159 e. The number of hydrogen-bond acceptors (Lipinski definition) is 2. The lowest BCUT2D eigenvalue weighted by Crippen LogP contribution is -1.90. The Morgan fingerprint density at radius 3 is 1.04 bits per heavy atom. The van der Waals surface area contributed by atoms with Gasteiger partial charge in [0.15, 0.2) is 11.6 Å². The van der Waals surface area contributed by atoms with Gasteiger partial charge in [0.25, 0.3) is 0 Å². The van der Waals surface area contributed by atoms with E-state index >= 15 is 0 Å². The number of hydrogen-bond donors (Lipinski definition) is 0. The van der Waals surface area contributed by atoms with Crippen LogP contribution in [0.15, 0.2) is 48.5 Å². The van der Waals surface area contributed by atoms with Gasteiger partial charge in [-0.25, -0.2) is 0 Å². The molecule has 0 saturated heterocycles. The molecule has 24 heavy (non-hydrogen) atoms. The number of rotatable bonds is 4. The zero-order valence-corrected chi connectivity index (χ0v) is 15.6. The van der Waals surface area contributed by atoms with E-state index in [2.05, 4.69) is 0 Å². The first-order chi connectivity index (χ1) is 11.6. The summed E-state index contributed by atoms with van der Waals surface area (Å²) < 4.78 is 0. The molecule has 2 heteroatoms. The molecule has 0 heterocycles. The molecule has 0 aliphatic carbocycles. The van der Waals surface area contributed by atoms with E-state index in [4.69, 9.17) is 0 Å². The zero-order chi connectivity index (χ0) is 18.5. The monoisotopic (exact) mass is 324 g/mol. The van der Waals surface area contributed by atoms with Crippen LogP contribution in [0, 0.1) is 0 Å². The second-order valence-corrected chi connectivity index (χ2v) is 4.69. The predicted octanol–water partition coefficient (Wildman–Crippen LogP) is 6.31. The van der Waals surface area contributed by atoms with Crippen LogP contribution in [0.5, 0.6) is 0 Å². The van der Waals surface area contributed by atoms with Crippen LogP contribution < -0.4 is 0 Å². The molecule has 0 unspecified atom stereocenters. The Hall–Kier alpha value is -2.48. The Labute approximate surface area is 146 Å². The van der Waals surface area contributed by atoms with Crippen molar-refractivity contribution in [1.82, 2.24) is 0 Å². The maximum Gasteiger partial charge on any atom is 0.159 e.